The summed E-state index contributed by atoms with van der Waals surface area (Å²) in [7, 11) is 1.66. The smallest absolute Gasteiger partial charge is 0.221 e. The van der Waals surface area contributed by atoms with Crippen LogP contribution in [0.25, 0.3) is 0 Å². The minimum absolute atomic E-state index is 0.0844. The first-order chi connectivity index (χ1) is 9.72. The molecule has 20 heavy (non-hydrogen) atoms. The molecular weight excluding hydrogens is 254 g/mol. The van der Waals surface area contributed by atoms with Crippen LogP contribution in [0.5, 0.6) is 0 Å². The molecule has 1 amide bonds. The number of amides is 1. The molecule has 0 bridgehead atoms. The van der Waals surface area contributed by atoms with Crippen LogP contribution in [0.15, 0.2) is 18.3 Å². The van der Waals surface area contributed by atoms with Gasteiger partial charge in [0.15, 0.2) is 0 Å². The summed E-state index contributed by atoms with van der Waals surface area (Å²) in [4.78, 5) is 20.0. The summed E-state index contributed by atoms with van der Waals surface area (Å²) in [6.45, 7) is 4.45. The molecule has 2 rings (SSSR count). The minimum atomic E-state index is 0.0844. The quantitative estimate of drug-likeness (QED) is 0.849. The zero-order valence-corrected chi connectivity index (χ0v) is 11.7. The van der Waals surface area contributed by atoms with E-state index in [0.29, 0.717) is 12.0 Å². The fourth-order valence-electron chi connectivity index (χ4n) is 2.22. The van der Waals surface area contributed by atoms with E-state index in [4.69, 9.17) is 5.26 Å². The molecule has 0 aliphatic carbocycles. The van der Waals surface area contributed by atoms with Crippen molar-refractivity contribution < 1.29 is 4.79 Å². The van der Waals surface area contributed by atoms with Crippen LogP contribution in [0.3, 0.4) is 0 Å². The molecule has 0 radical (unpaired) electrons. The third-order valence-corrected chi connectivity index (χ3v) is 3.51. The van der Waals surface area contributed by atoms with E-state index in [1.807, 2.05) is 6.07 Å². The summed E-state index contributed by atoms with van der Waals surface area (Å²) in [5.74, 6) is 0.996. The highest BCUT2D eigenvalue weighted by atomic mass is 16.1. The van der Waals surface area contributed by atoms with Gasteiger partial charge in [-0.15, -0.1) is 0 Å². The SMILES string of the molecule is CNC(=O)CCN1CCN(c2ccc(C#N)cn2)CC1. The number of aromatic nitrogens is 1. The topological polar surface area (TPSA) is 72.3 Å². The number of hydrogen-bond donors (Lipinski definition) is 1. The first kappa shape index (κ1) is 14.3. The van der Waals surface area contributed by atoms with E-state index in [-0.39, 0.29) is 5.91 Å². The summed E-state index contributed by atoms with van der Waals surface area (Å²) >= 11 is 0. The average Bonchev–Trinajstić information content (AvgIpc) is 2.53. The normalized spacial score (nSPS) is 15.7. The molecule has 1 aliphatic heterocycles. The Kier molecular flexibility index (Phi) is 4.91. The van der Waals surface area contributed by atoms with Gasteiger partial charge in [-0.05, 0) is 12.1 Å². The largest absolute Gasteiger partial charge is 0.359 e. The van der Waals surface area contributed by atoms with Crippen LogP contribution in [-0.4, -0.2) is 55.6 Å². The second-order valence-corrected chi connectivity index (χ2v) is 4.77. The van der Waals surface area contributed by atoms with Gasteiger partial charge in [-0.3, -0.25) is 9.69 Å². The van der Waals surface area contributed by atoms with Crippen LogP contribution >= 0.6 is 0 Å². The molecule has 0 aromatic carbocycles. The van der Waals surface area contributed by atoms with Crippen molar-refractivity contribution >= 4 is 11.7 Å². The van der Waals surface area contributed by atoms with Gasteiger partial charge in [0.25, 0.3) is 0 Å². The Labute approximate surface area is 119 Å². The van der Waals surface area contributed by atoms with Gasteiger partial charge in [-0.1, -0.05) is 0 Å². The van der Waals surface area contributed by atoms with E-state index in [2.05, 4.69) is 26.2 Å². The Morgan fingerprint density at radius 3 is 2.70 bits per heavy atom. The van der Waals surface area contributed by atoms with Crippen molar-refractivity contribution in [2.75, 3.05) is 44.7 Å². The van der Waals surface area contributed by atoms with Crippen LogP contribution < -0.4 is 10.2 Å². The number of piperazine rings is 1. The predicted octanol–water partition coefficient (Wildman–Crippen LogP) is 0.211. The standard InChI is InChI=1S/C14H19N5O/c1-16-14(20)4-5-18-6-8-19(9-7-18)13-3-2-12(10-15)11-17-13/h2-3,11H,4-9H2,1H3,(H,16,20). The van der Waals surface area contributed by atoms with E-state index in [1.54, 1.807) is 19.3 Å². The fourth-order valence-corrected chi connectivity index (χ4v) is 2.22. The molecule has 0 atom stereocenters. The maximum Gasteiger partial charge on any atom is 0.221 e. The van der Waals surface area contributed by atoms with Gasteiger partial charge in [0.1, 0.15) is 11.9 Å². The zero-order valence-electron chi connectivity index (χ0n) is 11.7. The number of carbonyl (C=O) groups is 1. The Hall–Kier alpha value is -2.13. The highest BCUT2D eigenvalue weighted by Crippen LogP contribution is 2.13. The molecule has 0 unspecified atom stereocenters. The van der Waals surface area contributed by atoms with Crippen molar-refractivity contribution in [3.05, 3.63) is 23.9 Å². The molecule has 0 saturated carbocycles. The maximum atomic E-state index is 11.2. The lowest BCUT2D eigenvalue weighted by atomic mass is 10.2. The van der Waals surface area contributed by atoms with Crippen molar-refractivity contribution in [3.63, 3.8) is 0 Å². The molecule has 6 heteroatoms. The summed E-state index contributed by atoms with van der Waals surface area (Å²) < 4.78 is 0. The number of hydrogen-bond acceptors (Lipinski definition) is 5. The van der Waals surface area contributed by atoms with E-state index in [9.17, 15) is 4.79 Å². The number of anilines is 1. The lowest BCUT2D eigenvalue weighted by Crippen LogP contribution is -2.47. The summed E-state index contributed by atoms with van der Waals surface area (Å²) in [6, 6.07) is 5.75. The van der Waals surface area contributed by atoms with E-state index in [0.717, 1.165) is 38.5 Å². The van der Waals surface area contributed by atoms with Crippen LogP contribution in [0, 0.1) is 11.3 Å². The van der Waals surface area contributed by atoms with Gasteiger partial charge >= 0.3 is 0 Å². The van der Waals surface area contributed by atoms with E-state index < -0.39 is 0 Å². The zero-order chi connectivity index (χ0) is 14.4. The minimum Gasteiger partial charge on any atom is -0.359 e. The van der Waals surface area contributed by atoms with Crippen LogP contribution in [0.1, 0.15) is 12.0 Å². The molecule has 6 nitrogen and oxygen atoms in total. The monoisotopic (exact) mass is 273 g/mol. The van der Waals surface area contributed by atoms with E-state index in [1.165, 1.54) is 0 Å². The first-order valence-corrected chi connectivity index (χ1v) is 6.77. The van der Waals surface area contributed by atoms with Crippen LogP contribution in [0.2, 0.25) is 0 Å². The van der Waals surface area contributed by atoms with Gasteiger partial charge < -0.3 is 10.2 Å². The van der Waals surface area contributed by atoms with Gasteiger partial charge in [-0.2, -0.15) is 5.26 Å². The summed E-state index contributed by atoms with van der Waals surface area (Å²) in [5.41, 5.74) is 0.581. The maximum absolute atomic E-state index is 11.2. The van der Waals surface area contributed by atoms with Crippen molar-refractivity contribution in [2.45, 2.75) is 6.42 Å². The number of nitrogens with one attached hydrogen (secondary N) is 1. The number of nitriles is 1. The Morgan fingerprint density at radius 2 is 2.15 bits per heavy atom. The molecule has 2 heterocycles. The number of carbonyl (C=O) groups excluding carboxylic acids is 1. The van der Waals surface area contributed by atoms with E-state index >= 15 is 0 Å². The van der Waals surface area contributed by atoms with Crippen LogP contribution in [0.4, 0.5) is 5.82 Å². The number of pyridine rings is 1. The molecule has 1 fully saturated rings. The second kappa shape index (κ2) is 6.87. The summed E-state index contributed by atoms with van der Waals surface area (Å²) in [5, 5.41) is 11.4. The van der Waals surface area contributed by atoms with Gasteiger partial charge in [0.05, 0.1) is 5.56 Å². The predicted molar refractivity (Wildman–Crippen MR) is 76.3 cm³/mol. The first-order valence-electron chi connectivity index (χ1n) is 6.77. The van der Waals surface area contributed by atoms with Crippen molar-refractivity contribution in [2.24, 2.45) is 0 Å². The molecule has 1 saturated heterocycles. The lowest BCUT2D eigenvalue weighted by molar-refractivity contribution is -0.120. The van der Waals surface area contributed by atoms with Gasteiger partial charge in [-0.25, -0.2) is 4.98 Å². The molecule has 1 aromatic heterocycles. The van der Waals surface area contributed by atoms with Gasteiger partial charge in [0, 0.05) is 52.4 Å². The molecular formula is C14H19N5O. The Balaban J connectivity index is 1.81. The second-order valence-electron chi connectivity index (χ2n) is 4.77. The van der Waals surface area contributed by atoms with Crippen molar-refractivity contribution in [1.82, 2.24) is 15.2 Å². The molecule has 106 valence electrons. The van der Waals surface area contributed by atoms with Crippen molar-refractivity contribution in [3.8, 4) is 6.07 Å². The van der Waals surface area contributed by atoms with Crippen LogP contribution in [-0.2, 0) is 4.79 Å². The average molecular weight is 273 g/mol. The lowest BCUT2D eigenvalue weighted by Gasteiger charge is -2.35. The third kappa shape index (κ3) is 3.68. The fraction of sp³-hybridized carbons (Fsp3) is 0.500. The van der Waals surface area contributed by atoms with Crippen molar-refractivity contribution in [1.29, 1.82) is 5.26 Å². The highest BCUT2D eigenvalue weighted by Gasteiger charge is 2.18. The molecule has 1 aliphatic rings. The number of rotatable bonds is 4. The Bertz CT molecular complexity index is 485. The third-order valence-electron chi connectivity index (χ3n) is 3.51. The van der Waals surface area contributed by atoms with Gasteiger partial charge in [0.2, 0.25) is 5.91 Å². The highest BCUT2D eigenvalue weighted by molar-refractivity contribution is 5.75. The molecule has 0 spiro atoms. The Morgan fingerprint density at radius 1 is 1.40 bits per heavy atom. The summed E-state index contributed by atoms with van der Waals surface area (Å²) in [6.07, 6.45) is 2.15. The molecule has 1 N–H and O–H groups in total. The number of nitrogens with zero attached hydrogens (tertiary/aromatic N) is 4. The molecule has 1 aromatic rings.